The van der Waals surface area contributed by atoms with Gasteiger partial charge in [-0.15, -0.1) is 0 Å². The molecular formula is C20H28O3. The smallest absolute Gasteiger partial charge is 0.338 e. The molecule has 0 atom stereocenters. The molecule has 1 aromatic heterocycles. The molecule has 0 N–H and O–H groups in total. The number of hydrogen-bond donors (Lipinski definition) is 0. The summed E-state index contributed by atoms with van der Waals surface area (Å²) >= 11 is 0. The van der Waals surface area contributed by atoms with Gasteiger partial charge >= 0.3 is 5.97 Å². The van der Waals surface area contributed by atoms with Crippen LogP contribution in [0.4, 0.5) is 0 Å². The molecule has 0 aliphatic rings. The molecule has 0 aliphatic carbocycles. The Labute approximate surface area is 139 Å². The third kappa shape index (κ3) is 5.42. The molecule has 23 heavy (non-hydrogen) atoms. The summed E-state index contributed by atoms with van der Waals surface area (Å²) in [5.41, 5.74) is 1.32. The van der Waals surface area contributed by atoms with Crippen LogP contribution >= 0.6 is 0 Å². The fourth-order valence-electron chi connectivity index (χ4n) is 2.81. The van der Waals surface area contributed by atoms with Crippen LogP contribution in [-0.4, -0.2) is 12.6 Å². The number of hydrogen-bond acceptors (Lipinski definition) is 3. The number of carbonyl (C=O) groups is 1. The van der Waals surface area contributed by atoms with Crippen LogP contribution in [0.1, 0.15) is 74.9 Å². The van der Waals surface area contributed by atoms with E-state index < -0.39 is 0 Å². The topological polar surface area (TPSA) is 39.4 Å². The number of rotatable bonds is 10. The van der Waals surface area contributed by atoms with E-state index in [0.29, 0.717) is 12.2 Å². The summed E-state index contributed by atoms with van der Waals surface area (Å²) < 4.78 is 10.9. The standard InChI is InChI=1S/C20H28O3/c1-3-5-6-7-8-9-10-11-18-14-16-12-13-17(15-19(16)23-18)20(21)22-4-2/h12-15H,3-11H2,1-2H3. The molecule has 126 valence electrons. The highest BCUT2D eigenvalue weighted by molar-refractivity contribution is 5.94. The average molecular weight is 316 g/mol. The zero-order chi connectivity index (χ0) is 16.5. The van der Waals surface area contributed by atoms with Gasteiger partial charge in [0, 0.05) is 11.8 Å². The molecule has 0 radical (unpaired) electrons. The van der Waals surface area contributed by atoms with E-state index in [1.807, 2.05) is 13.0 Å². The molecule has 0 unspecified atom stereocenters. The number of fused-ring (bicyclic) bond motifs is 1. The Kier molecular flexibility index (Phi) is 7.18. The van der Waals surface area contributed by atoms with Crippen LogP contribution < -0.4 is 0 Å². The molecule has 0 spiro atoms. The summed E-state index contributed by atoms with van der Waals surface area (Å²) in [7, 11) is 0. The molecule has 2 rings (SSSR count). The summed E-state index contributed by atoms with van der Waals surface area (Å²) in [5.74, 6) is 0.717. The molecule has 0 saturated heterocycles. The van der Waals surface area contributed by atoms with E-state index >= 15 is 0 Å². The van der Waals surface area contributed by atoms with Gasteiger partial charge in [-0.1, -0.05) is 51.5 Å². The molecule has 1 aromatic carbocycles. The van der Waals surface area contributed by atoms with E-state index in [0.717, 1.165) is 29.6 Å². The van der Waals surface area contributed by atoms with Crippen molar-refractivity contribution in [3.8, 4) is 0 Å². The molecule has 3 heteroatoms. The van der Waals surface area contributed by atoms with Crippen molar-refractivity contribution in [3.05, 3.63) is 35.6 Å². The Morgan fingerprint density at radius 2 is 1.74 bits per heavy atom. The van der Waals surface area contributed by atoms with Crippen molar-refractivity contribution in [1.82, 2.24) is 0 Å². The van der Waals surface area contributed by atoms with Gasteiger partial charge in [0.1, 0.15) is 11.3 Å². The molecule has 2 aromatic rings. The quantitative estimate of drug-likeness (QED) is 0.404. The van der Waals surface area contributed by atoms with Crippen molar-refractivity contribution in [2.24, 2.45) is 0 Å². The summed E-state index contributed by atoms with van der Waals surface area (Å²) in [4.78, 5) is 11.8. The van der Waals surface area contributed by atoms with Crippen LogP contribution in [0, 0.1) is 0 Å². The lowest BCUT2D eigenvalue weighted by Gasteiger charge is -2.00. The van der Waals surface area contributed by atoms with Crippen LogP contribution in [0.3, 0.4) is 0 Å². The van der Waals surface area contributed by atoms with Crippen molar-refractivity contribution in [2.75, 3.05) is 6.61 Å². The Bertz CT molecular complexity index is 612. The van der Waals surface area contributed by atoms with Crippen molar-refractivity contribution in [3.63, 3.8) is 0 Å². The Balaban J connectivity index is 1.84. The van der Waals surface area contributed by atoms with Gasteiger partial charge < -0.3 is 9.15 Å². The summed E-state index contributed by atoms with van der Waals surface area (Å²) in [6.07, 6.45) is 10.1. The van der Waals surface area contributed by atoms with Crippen LogP contribution in [0.5, 0.6) is 0 Å². The number of carbonyl (C=O) groups excluding carboxylic acids is 1. The zero-order valence-corrected chi connectivity index (χ0v) is 14.4. The van der Waals surface area contributed by atoms with E-state index in [1.54, 1.807) is 12.1 Å². The summed E-state index contributed by atoms with van der Waals surface area (Å²) in [6, 6.07) is 7.59. The molecule has 0 bridgehead atoms. The monoisotopic (exact) mass is 316 g/mol. The number of benzene rings is 1. The second-order valence-corrected chi connectivity index (χ2v) is 6.06. The lowest BCUT2D eigenvalue weighted by molar-refractivity contribution is 0.0526. The Hall–Kier alpha value is -1.77. The number of furan rings is 1. The molecular weight excluding hydrogens is 288 g/mol. The predicted molar refractivity (Wildman–Crippen MR) is 93.9 cm³/mol. The van der Waals surface area contributed by atoms with Gasteiger partial charge in [-0.2, -0.15) is 0 Å². The maximum absolute atomic E-state index is 11.8. The van der Waals surface area contributed by atoms with E-state index in [2.05, 4.69) is 13.0 Å². The summed E-state index contributed by atoms with van der Waals surface area (Å²) in [5, 5.41) is 1.05. The third-order valence-corrected chi connectivity index (χ3v) is 4.11. The van der Waals surface area contributed by atoms with Crippen LogP contribution in [-0.2, 0) is 11.2 Å². The SMILES string of the molecule is CCCCCCCCCc1cc2ccc(C(=O)OCC)cc2o1. The van der Waals surface area contributed by atoms with Gasteiger partial charge in [0.05, 0.1) is 12.2 Å². The molecule has 3 nitrogen and oxygen atoms in total. The van der Waals surface area contributed by atoms with Gasteiger partial charge in [0.15, 0.2) is 0 Å². The number of ether oxygens (including phenoxy) is 1. The maximum atomic E-state index is 11.8. The predicted octanol–water partition coefficient (Wildman–Crippen LogP) is 5.90. The highest BCUT2D eigenvalue weighted by atomic mass is 16.5. The fourth-order valence-corrected chi connectivity index (χ4v) is 2.81. The second-order valence-electron chi connectivity index (χ2n) is 6.06. The average Bonchev–Trinajstić information content (AvgIpc) is 2.96. The van der Waals surface area contributed by atoms with Crippen molar-refractivity contribution in [1.29, 1.82) is 0 Å². The first-order valence-electron chi connectivity index (χ1n) is 8.94. The van der Waals surface area contributed by atoms with Gasteiger partial charge in [-0.05, 0) is 31.5 Å². The minimum atomic E-state index is -0.292. The molecule has 0 amide bonds. The fraction of sp³-hybridized carbons (Fsp3) is 0.550. The lowest BCUT2D eigenvalue weighted by atomic mass is 10.1. The first-order chi connectivity index (χ1) is 11.2. The van der Waals surface area contributed by atoms with Crippen LogP contribution in [0.25, 0.3) is 11.0 Å². The van der Waals surface area contributed by atoms with Gasteiger partial charge in [-0.25, -0.2) is 4.79 Å². The van der Waals surface area contributed by atoms with E-state index in [4.69, 9.17) is 9.15 Å². The normalized spacial score (nSPS) is 11.0. The van der Waals surface area contributed by atoms with Crippen molar-refractivity contribution < 1.29 is 13.9 Å². The van der Waals surface area contributed by atoms with Gasteiger partial charge in [0.2, 0.25) is 0 Å². The number of esters is 1. The maximum Gasteiger partial charge on any atom is 0.338 e. The summed E-state index contributed by atoms with van der Waals surface area (Å²) in [6.45, 7) is 4.44. The number of aryl methyl sites for hydroxylation is 1. The molecule has 0 fully saturated rings. The first-order valence-corrected chi connectivity index (χ1v) is 8.94. The van der Waals surface area contributed by atoms with Crippen molar-refractivity contribution >= 4 is 16.9 Å². The van der Waals surface area contributed by atoms with E-state index in [1.165, 1.54) is 38.5 Å². The van der Waals surface area contributed by atoms with E-state index in [-0.39, 0.29) is 5.97 Å². The highest BCUT2D eigenvalue weighted by Crippen LogP contribution is 2.23. The minimum Gasteiger partial charge on any atom is -0.462 e. The Morgan fingerprint density at radius 3 is 2.48 bits per heavy atom. The molecule has 0 saturated carbocycles. The molecule has 1 heterocycles. The Morgan fingerprint density at radius 1 is 1.00 bits per heavy atom. The van der Waals surface area contributed by atoms with Crippen LogP contribution in [0.15, 0.2) is 28.7 Å². The number of unbranched alkanes of at least 4 members (excludes halogenated alkanes) is 6. The van der Waals surface area contributed by atoms with Crippen LogP contribution in [0.2, 0.25) is 0 Å². The van der Waals surface area contributed by atoms with Crippen molar-refractivity contribution in [2.45, 2.75) is 65.2 Å². The highest BCUT2D eigenvalue weighted by Gasteiger charge is 2.10. The largest absolute Gasteiger partial charge is 0.462 e. The minimum absolute atomic E-state index is 0.292. The molecule has 0 aliphatic heterocycles. The lowest BCUT2D eigenvalue weighted by Crippen LogP contribution is -2.03. The van der Waals surface area contributed by atoms with Gasteiger partial charge in [0.25, 0.3) is 0 Å². The third-order valence-electron chi connectivity index (χ3n) is 4.11. The van der Waals surface area contributed by atoms with E-state index in [9.17, 15) is 4.79 Å². The van der Waals surface area contributed by atoms with Gasteiger partial charge in [-0.3, -0.25) is 0 Å². The zero-order valence-electron chi connectivity index (χ0n) is 14.4. The second kappa shape index (κ2) is 9.39. The first kappa shape index (κ1) is 17.6.